The van der Waals surface area contributed by atoms with Gasteiger partial charge in [0, 0.05) is 22.9 Å². The van der Waals surface area contributed by atoms with Gasteiger partial charge in [0.1, 0.15) is 5.54 Å². The maximum Gasteiger partial charge on any atom is 0.273 e. The van der Waals surface area contributed by atoms with E-state index in [-0.39, 0.29) is 11.3 Å². The summed E-state index contributed by atoms with van der Waals surface area (Å²) >= 11 is 1.61. The number of carbonyl (C=O) groups excluding carboxylic acids is 1. The summed E-state index contributed by atoms with van der Waals surface area (Å²) in [5.74, 6) is 0.928. The van der Waals surface area contributed by atoms with Gasteiger partial charge >= 0.3 is 0 Å². The molecule has 6 nitrogen and oxygen atoms in total. The largest absolute Gasteiger partial charge is 0.333 e. The van der Waals surface area contributed by atoms with E-state index in [1.807, 2.05) is 6.92 Å². The summed E-state index contributed by atoms with van der Waals surface area (Å²) in [6, 6.07) is 6.59. The lowest BCUT2D eigenvalue weighted by atomic mass is 10.00. The number of nitrogens with one attached hydrogen (secondary N) is 1. The Bertz CT molecular complexity index is 618. The van der Waals surface area contributed by atoms with Crippen LogP contribution in [0.15, 0.2) is 18.2 Å². The van der Waals surface area contributed by atoms with Crippen molar-refractivity contribution in [1.82, 2.24) is 5.32 Å². The average molecular weight is 305 g/mol. The van der Waals surface area contributed by atoms with Gasteiger partial charge in [0.05, 0.1) is 11.0 Å². The van der Waals surface area contributed by atoms with Crippen molar-refractivity contribution in [2.24, 2.45) is 0 Å². The molecule has 110 valence electrons. The molecule has 0 spiro atoms. The van der Waals surface area contributed by atoms with Crippen LogP contribution in [0, 0.1) is 21.4 Å². The van der Waals surface area contributed by atoms with Crippen LogP contribution in [-0.4, -0.2) is 27.9 Å². The Labute approximate surface area is 126 Å². The van der Waals surface area contributed by atoms with Crippen molar-refractivity contribution < 1.29 is 9.72 Å². The lowest BCUT2D eigenvalue weighted by Gasteiger charge is -2.21. The highest BCUT2D eigenvalue weighted by Crippen LogP contribution is 2.28. The third-order valence-electron chi connectivity index (χ3n) is 3.51. The van der Waals surface area contributed by atoms with Crippen LogP contribution in [0.1, 0.15) is 29.3 Å². The van der Waals surface area contributed by atoms with Crippen LogP contribution in [0.3, 0.4) is 0 Å². The maximum atomic E-state index is 12.2. The number of hydrogen-bond acceptors (Lipinski definition) is 5. The minimum atomic E-state index is -0.861. The van der Waals surface area contributed by atoms with E-state index >= 15 is 0 Å². The van der Waals surface area contributed by atoms with E-state index in [2.05, 4.69) is 11.4 Å². The molecule has 2 rings (SSSR count). The number of nitriles is 1. The SMILES string of the molecule is CCc1ccc(C(=O)N[C@]2(C#N)CCSC2)cc1[N+](=O)[O-]. The van der Waals surface area contributed by atoms with Crippen molar-refractivity contribution in [3.8, 4) is 6.07 Å². The number of hydrogen-bond donors (Lipinski definition) is 1. The van der Waals surface area contributed by atoms with E-state index in [9.17, 15) is 20.2 Å². The molecule has 21 heavy (non-hydrogen) atoms. The second kappa shape index (κ2) is 6.14. The number of thioether (sulfide) groups is 1. The Morgan fingerprint density at radius 3 is 2.90 bits per heavy atom. The molecule has 1 aliphatic heterocycles. The van der Waals surface area contributed by atoms with Crippen molar-refractivity contribution in [1.29, 1.82) is 5.26 Å². The minimum absolute atomic E-state index is 0.0584. The Kier molecular flexibility index (Phi) is 4.48. The smallest absolute Gasteiger partial charge is 0.273 e. The fraction of sp³-hybridized carbons (Fsp3) is 0.429. The molecule has 1 aromatic carbocycles. The molecule has 1 atom stereocenters. The molecule has 0 aromatic heterocycles. The lowest BCUT2D eigenvalue weighted by Crippen LogP contribution is -2.47. The van der Waals surface area contributed by atoms with Gasteiger partial charge in [-0.25, -0.2) is 0 Å². The number of rotatable bonds is 4. The van der Waals surface area contributed by atoms with Crippen molar-refractivity contribution in [2.45, 2.75) is 25.3 Å². The highest BCUT2D eigenvalue weighted by atomic mass is 32.2. The molecule has 0 radical (unpaired) electrons. The number of amides is 1. The van der Waals surface area contributed by atoms with Crippen LogP contribution in [0.25, 0.3) is 0 Å². The summed E-state index contributed by atoms with van der Waals surface area (Å²) in [5, 5.41) is 23.0. The number of carbonyl (C=O) groups is 1. The highest BCUT2D eigenvalue weighted by Gasteiger charge is 2.36. The second-order valence-corrected chi connectivity index (χ2v) is 6.01. The summed E-state index contributed by atoms with van der Waals surface area (Å²) in [6.45, 7) is 1.82. The zero-order valence-electron chi connectivity index (χ0n) is 11.6. The molecular formula is C14H15N3O3S. The molecule has 1 aromatic rings. The van der Waals surface area contributed by atoms with Crippen molar-refractivity contribution in [3.63, 3.8) is 0 Å². The molecule has 1 N–H and O–H groups in total. The quantitative estimate of drug-likeness (QED) is 0.680. The molecule has 1 heterocycles. The molecule has 0 bridgehead atoms. The Balaban J connectivity index is 2.26. The van der Waals surface area contributed by atoms with Gasteiger partial charge in [-0.15, -0.1) is 0 Å². The molecule has 1 fully saturated rings. The van der Waals surface area contributed by atoms with E-state index in [0.29, 0.717) is 24.2 Å². The lowest BCUT2D eigenvalue weighted by molar-refractivity contribution is -0.385. The van der Waals surface area contributed by atoms with Crippen LogP contribution in [0.2, 0.25) is 0 Å². The predicted molar refractivity (Wildman–Crippen MR) is 80.2 cm³/mol. The monoisotopic (exact) mass is 305 g/mol. The van der Waals surface area contributed by atoms with Gasteiger partial charge in [-0.05, 0) is 24.7 Å². The summed E-state index contributed by atoms with van der Waals surface area (Å²) in [5.41, 5.74) is -0.120. The Morgan fingerprint density at radius 1 is 1.62 bits per heavy atom. The first kappa shape index (κ1) is 15.3. The van der Waals surface area contributed by atoms with Gasteiger partial charge < -0.3 is 5.32 Å². The molecular weight excluding hydrogens is 290 g/mol. The van der Waals surface area contributed by atoms with Crippen molar-refractivity contribution >= 4 is 23.4 Å². The zero-order valence-corrected chi connectivity index (χ0v) is 12.4. The molecule has 7 heteroatoms. The molecule has 0 unspecified atom stereocenters. The Morgan fingerprint density at radius 2 is 2.38 bits per heavy atom. The van der Waals surface area contributed by atoms with Gasteiger partial charge in [-0.3, -0.25) is 14.9 Å². The van der Waals surface area contributed by atoms with Crippen LogP contribution in [0.5, 0.6) is 0 Å². The van der Waals surface area contributed by atoms with Gasteiger partial charge in [-0.1, -0.05) is 13.0 Å². The van der Waals surface area contributed by atoms with Crippen LogP contribution in [0.4, 0.5) is 5.69 Å². The zero-order chi connectivity index (χ0) is 15.5. The fourth-order valence-electron chi connectivity index (χ4n) is 2.24. The minimum Gasteiger partial charge on any atom is -0.333 e. The first-order valence-corrected chi connectivity index (χ1v) is 7.75. The normalized spacial score (nSPS) is 20.8. The first-order valence-electron chi connectivity index (χ1n) is 6.60. The summed E-state index contributed by atoms with van der Waals surface area (Å²) in [6.07, 6.45) is 1.12. The first-order chi connectivity index (χ1) is 10.0. The van der Waals surface area contributed by atoms with Crippen molar-refractivity contribution in [2.75, 3.05) is 11.5 Å². The van der Waals surface area contributed by atoms with Gasteiger partial charge in [0.15, 0.2) is 0 Å². The van der Waals surface area contributed by atoms with Crippen LogP contribution >= 0.6 is 11.8 Å². The molecule has 1 amide bonds. The van der Waals surface area contributed by atoms with Gasteiger partial charge in [0.25, 0.3) is 11.6 Å². The number of nitrogens with zero attached hydrogens (tertiary/aromatic N) is 2. The number of nitro benzene ring substituents is 1. The number of benzene rings is 1. The number of aryl methyl sites for hydroxylation is 1. The van der Waals surface area contributed by atoms with E-state index in [1.165, 1.54) is 6.07 Å². The van der Waals surface area contributed by atoms with Crippen LogP contribution < -0.4 is 5.32 Å². The van der Waals surface area contributed by atoms with Crippen LogP contribution in [-0.2, 0) is 6.42 Å². The van der Waals surface area contributed by atoms with Gasteiger partial charge in [-0.2, -0.15) is 17.0 Å². The van der Waals surface area contributed by atoms with Crippen molar-refractivity contribution in [3.05, 3.63) is 39.4 Å². The molecule has 1 saturated heterocycles. The summed E-state index contributed by atoms with van der Waals surface area (Å²) in [4.78, 5) is 22.8. The summed E-state index contributed by atoms with van der Waals surface area (Å²) in [7, 11) is 0. The van der Waals surface area contributed by atoms with E-state index in [4.69, 9.17) is 0 Å². The predicted octanol–water partition coefficient (Wildman–Crippen LogP) is 2.29. The maximum absolute atomic E-state index is 12.2. The third kappa shape index (κ3) is 3.16. The fourth-order valence-corrected chi connectivity index (χ4v) is 3.51. The molecule has 0 aliphatic carbocycles. The second-order valence-electron chi connectivity index (χ2n) is 4.90. The Hall–Kier alpha value is -2.07. The number of nitro groups is 1. The summed E-state index contributed by atoms with van der Waals surface area (Å²) < 4.78 is 0. The van der Waals surface area contributed by atoms with E-state index in [0.717, 1.165) is 5.75 Å². The standard InChI is InChI=1S/C14H15N3O3S/c1-2-10-3-4-11(7-12(10)17(19)20)13(18)16-14(8-15)5-6-21-9-14/h3-4,7H,2,5-6,9H2,1H3,(H,16,18)/t14-/m0/s1. The van der Waals surface area contributed by atoms with E-state index < -0.39 is 16.4 Å². The average Bonchev–Trinajstić information content (AvgIpc) is 2.95. The topological polar surface area (TPSA) is 96.0 Å². The van der Waals surface area contributed by atoms with E-state index in [1.54, 1.807) is 23.9 Å². The molecule has 1 aliphatic rings. The highest BCUT2D eigenvalue weighted by molar-refractivity contribution is 7.99. The van der Waals surface area contributed by atoms with Gasteiger partial charge in [0.2, 0.25) is 0 Å². The third-order valence-corrected chi connectivity index (χ3v) is 4.70. The molecule has 0 saturated carbocycles.